The van der Waals surface area contributed by atoms with E-state index in [0.717, 1.165) is 0 Å². The van der Waals surface area contributed by atoms with E-state index in [1.54, 1.807) is 0 Å². The Morgan fingerprint density at radius 1 is 0.237 bits per heavy atom. The van der Waals surface area contributed by atoms with Crippen molar-refractivity contribution >= 4 is 21.5 Å². The molecule has 0 unspecified atom stereocenters. The van der Waals surface area contributed by atoms with Gasteiger partial charge in [0.15, 0.2) is 0 Å². The maximum Gasteiger partial charge on any atom is 0.0159 e. The van der Waals surface area contributed by atoms with E-state index >= 15 is 0 Å². The summed E-state index contributed by atoms with van der Waals surface area (Å²) < 4.78 is 0. The SMILES string of the molecule is CC1(C)c2ccccc2-c2ccc(-c3ccc4c(-c5ccc6c(c5)C(C)(C)c5ccccc5-6)c5ccccc5c(-c5cccc6c5-c5ccccc5C6(C)C)c4c3)cc21. The zero-order valence-corrected chi connectivity index (χ0v) is 34.7. The first-order chi connectivity index (χ1) is 28.5. The standard InChI is InChI=1S/C59H46/c1-57(2)50-24-14-11-20-45(50)56-46(21-15-25-51(56)57)55-43-19-8-7-18-42(43)54(37-28-30-41-39-17-10-13-23-49(39)59(5,6)53(41)34-37)44-31-27-35(32-47(44)55)36-26-29-40-38-16-9-12-22-48(38)58(3,4)52(40)33-36/h7-34H,1-6H3. The van der Waals surface area contributed by atoms with Gasteiger partial charge in [0, 0.05) is 16.2 Å². The summed E-state index contributed by atoms with van der Waals surface area (Å²) in [6.45, 7) is 14.3. The molecule has 282 valence electrons. The van der Waals surface area contributed by atoms with Crippen LogP contribution in [0.4, 0.5) is 0 Å². The predicted octanol–water partition coefficient (Wildman–Crippen LogP) is 15.9. The highest BCUT2D eigenvalue weighted by atomic mass is 14.4. The summed E-state index contributed by atoms with van der Waals surface area (Å²) in [5.41, 5.74) is 24.0. The van der Waals surface area contributed by atoms with Gasteiger partial charge in [-0.3, -0.25) is 0 Å². The summed E-state index contributed by atoms with van der Waals surface area (Å²) in [5.74, 6) is 0. The molecule has 0 fully saturated rings. The topological polar surface area (TPSA) is 0 Å². The molecule has 0 saturated heterocycles. The highest BCUT2D eigenvalue weighted by Crippen LogP contribution is 2.56. The average Bonchev–Trinajstić information content (AvgIpc) is 3.75. The molecule has 0 heteroatoms. The number of fused-ring (bicyclic) bond motifs is 11. The van der Waals surface area contributed by atoms with Crippen LogP contribution in [0.2, 0.25) is 0 Å². The summed E-state index contributed by atoms with van der Waals surface area (Å²) in [6.07, 6.45) is 0. The molecule has 0 nitrogen and oxygen atoms in total. The summed E-state index contributed by atoms with van der Waals surface area (Å²) in [7, 11) is 0. The Kier molecular flexibility index (Phi) is 6.91. The molecule has 0 aliphatic heterocycles. The minimum Gasteiger partial charge on any atom is -0.0619 e. The molecule has 9 aromatic carbocycles. The Bertz CT molecular complexity index is 3290. The van der Waals surface area contributed by atoms with Crippen LogP contribution in [0.5, 0.6) is 0 Å². The fourth-order valence-corrected chi connectivity index (χ4v) is 11.7. The van der Waals surface area contributed by atoms with Gasteiger partial charge >= 0.3 is 0 Å². The monoisotopic (exact) mass is 754 g/mol. The predicted molar refractivity (Wildman–Crippen MR) is 250 cm³/mol. The van der Waals surface area contributed by atoms with Crippen LogP contribution < -0.4 is 0 Å². The lowest BCUT2D eigenvalue weighted by atomic mass is 9.79. The number of rotatable bonds is 3. The van der Waals surface area contributed by atoms with Crippen LogP contribution in [0.1, 0.15) is 74.9 Å². The van der Waals surface area contributed by atoms with Crippen molar-refractivity contribution in [3.05, 3.63) is 203 Å². The molecule has 3 aliphatic carbocycles. The van der Waals surface area contributed by atoms with Crippen molar-refractivity contribution in [2.75, 3.05) is 0 Å². The summed E-state index contributed by atoms with van der Waals surface area (Å²) in [4.78, 5) is 0. The molecule has 0 heterocycles. The van der Waals surface area contributed by atoms with Gasteiger partial charge < -0.3 is 0 Å². The summed E-state index contributed by atoms with van der Waals surface area (Å²) in [6, 6.07) is 65.0. The molecule has 12 rings (SSSR count). The van der Waals surface area contributed by atoms with E-state index in [1.165, 1.54) is 122 Å². The second-order valence-corrected chi connectivity index (χ2v) is 18.8. The molecule has 0 saturated carbocycles. The van der Waals surface area contributed by atoms with Crippen molar-refractivity contribution in [3.63, 3.8) is 0 Å². The van der Waals surface area contributed by atoms with Crippen molar-refractivity contribution in [2.24, 2.45) is 0 Å². The summed E-state index contributed by atoms with van der Waals surface area (Å²) in [5, 5.41) is 5.15. The molecule has 59 heavy (non-hydrogen) atoms. The minimum atomic E-state index is -0.0950. The van der Waals surface area contributed by atoms with Crippen LogP contribution in [0.15, 0.2) is 170 Å². The second kappa shape index (κ2) is 11.8. The van der Waals surface area contributed by atoms with Gasteiger partial charge in [0.05, 0.1) is 0 Å². The minimum absolute atomic E-state index is 0.0703. The Morgan fingerprint density at radius 2 is 0.644 bits per heavy atom. The third-order valence-corrected chi connectivity index (χ3v) is 14.7. The lowest BCUT2D eigenvalue weighted by Gasteiger charge is -2.24. The van der Waals surface area contributed by atoms with Gasteiger partial charge in [0.25, 0.3) is 0 Å². The van der Waals surface area contributed by atoms with Gasteiger partial charge in [-0.05, 0) is 140 Å². The van der Waals surface area contributed by atoms with Crippen LogP contribution >= 0.6 is 0 Å². The van der Waals surface area contributed by atoms with Crippen LogP contribution in [0.25, 0.3) is 88.3 Å². The van der Waals surface area contributed by atoms with Gasteiger partial charge in [-0.15, -0.1) is 0 Å². The molecule has 0 aromatic heterocycles. The Morgan fingerprint density at radius 3 is 1.29 bits per heavy atom. The van der Waals surface area contributed by atoms with Crippen LogP contribution in [0.3, 0.4) is 0 Å². The first-order valence-electron chi connectivity index (χ1n) is 21.3. The van der Waals surface area contributed by atoms with Gasteiger partial charge in [-0.25, -0.2) is 0 Å². The molecule has 9 aromatic rings. The van der Waals surface area contributed by atoms with Gasteiger partial charge in [0.1, 0.15) is 0 Å². The molecule has 0 amide bonds. The van der Waals surface area contributed by atoms with E-state index < -0.39 is 0 Å². The van der Waals surface area contributed by atoms with Crippen molar-refractivity contribution in [2.45, 2.75) is 57.8 Å². The lowest BCUT2D eigenvalue weighted by molar-refractivity contribution is 0.660. The first kappa shape index (κ1) is 34.5. The third kappa shape index (κ3) is 4.55. The van der Waals surface area contributed by atoms with E-state index in [2.05, 4.69) is 211 Å². The van der Waals surface area contributed by atoms with Crippen molar-refractivity contribution < 1.29 is 0 Å². The van der Waals surface area contributed by atoms with Crippen molar-refractivity contribution in [1.82, 2.24) is 0 Å². The average molecular weight is 755 g/mol. The molecule has 3 aliphatic rings. The first-order valence-corrected chi connectivity index (χ1v) is 21.3. The van der Waals surface area contributed by atoms with Crippen molar-refractivity contribution in [3.8, 4) is 66.8 Å². The molecule has 0 atom stereocenters. The van der Waals surface area contributed by atoms with Crippen molar-refractivity contribution in [1.29, 1.82) is 0 Å². The fourth-order valence-electron chi connectivity index (χ4n) is 11.7. The lowest BCUT2D eigenvalue weighted by Crippen LogP contribution is -2.15. The zero-order valence-electron chi connectivity index (χ0n) is 34.7. The van der Waals surface area contributed by atoms with Gasteiger partial charge in [-0.2, -0.15) is 0 Å². The molecular formula is C59H46. The quantitative estimate of drug-likeness (QED) is 0.158. The normalized spacial score (nSPS) is 15.7. The van der Waals surface area contributed by atoms with Crippen LogP contribution in [-0.2, 0) is 16.2 Å². The number of hydrogen-bond donors (Lipinski definition) is 0. The highest BCUT2D eigenvalue weighted by molar-refractivity contribution is 6.23. The fraction of sp³-hybridized carbons (Fsp3) is 0.153. The van der Waals surface area contributed by atoms with Crippen LogP contribution in [-0.4, -0.2) is 0 Å². The molecule has 0 radical (unpaired) electrons. The molecular weight excluding hydrogens is 709 g/mol. The number of benzene rings is 9. The van der Waals surface area contributed by atoms with Gasteiger partial charge in [0.2, 0.25) is 0 Å². The van der Waals surface area contributed by atoms with Crippen LogP contribution in [0, 0.1) is 0 Å². The van der Waals surface area contributed by atoms with E-state index in [9.17, 15) is 0 Å². The van der Waals surface area contributed by atoms with E-state index in [-0.39, 0.29) is 16.2 Å². The molecule has 0 spiro atoms. The summed E-state index contributed by atoms with van der Waals surface area (Å²) >= 11 is 0. The van der Waals surface area contributed by atoms with E-state index in [4.69, 9.17) is 0 Å². The largest absolute Gasteiger partial charge is 0.0619 e. The number of hydrogen-bond acceptors (Lipinski definition) is 0. The Labute approximate surface area is 347 Å². The second-order valence-electron chi connectivity index (χ2n) is 18.8. The molecule has 0 bridgehead atoms. The maximum atomic E-state index is 2.51. The zero-order chi connectivity index (χ0) is 40.0. The Hall–Kier alpha value is -6.50. The highest BCUT2D eigenvalue weighted by Gasteiger charge is 2.39. The third-order valence-electron chi connectivity index (χ3n) is 14.7. The maximum absolute atomic E-state index is 2.51. The van der Waals surface area contributed by atoms with Gasteiger partial charge in [-0.1, -0.05) is 193 Å². The van der Waals surface area contributed by atoms with E-state index in [1.807, 2.05) is 0 Å². The van der Waals surface area contributed by atoms with E-state index in [0.29, 0.717) is 0 Å². The molecule has 0 N–H and O–H groups in total. The smallest absolute Gasteiger partial charge is 0.0159 e. The Balaban J connectivity index is 1.16.